The minimum absolute atomic E-state index is 0.418. The fourth-order valence-corrected chi connectivity index (χ4v) is 2.96. The van der Waals surface area contributed by atoms with E-state index in [-0.39, 0.29) is 0 Å². The Morgan fingerprint density at radius 1 is 1.35 bits per heavy atom. The number of alkyl halides is 3. The Bertz CT molecular complexity index is 351. The van der Waals surface area contributed by atoms with Gasteiger partial charge in [0.15, 0.2) is 0 Å². The number of nitrogens with one attached hydrogen (secondary N) is 1. The van der Waals surface area contributed by atoms with Crippen LogP contribution in [-0.4, -0.2) is 54.4 Å². The zero-order valence-corrected chi connectivity index (χ0v) is 13.9. The highest BCUT2D eigenvalue weighted by molar-refractivity contribution is 5.79. The summed E-state index contributed by atoms with van der Waals surface area (Å²) < 4.78 is 36.4. The summed E-state index contributed by atoms with van der Waals surface area (Å²) in [5.41, 5.74) is 0. The van der Waals surface area contributed by atoms with Crippen LogP contribution < -0.4 is 5.32 Å². The molecule has 0 aromatic rings. The summed E-state index contributed by atoms with van der Waals surface area (Å²) in [6.45, 7) is 2.57. The molecule has 2 N–H and O–H groups in total. The summed E-state index contributed by atoms with van der Waals surface area (Å²) in [7, 11) is 0. The Morgan fingerprint density at radius 2 is 2.09 bits per heavy atom. The number of hydrogen-bond donors (Lipinski definition) is 2. The lowest BCUT2D eigenvalue weighted by Gasteiger charge is -2.33. The lowest BCUT2D eigenvalue weighted by molar-refractivity contribution is -0.141. The molecule has 1 amide bonds. The van der Waals surface area contributed by atoms with Gasteiger partial charge in [-0.1, -0.05) is 32.6 Å². The molecule has 1 saturated heterocycles. The van der Waals surface area contributed by atoms with E-state index in [1.807, 2.05) is 10.2 Å². The topological polar surface area (TPSA) is 52.6 Å². The van der Waals surface area contributed by atoms with Crippen LogP contribution in [0.15, 0.2) is 0 Å². The molecular formula is C16H29F3N2O2. The zero-order chi connectivity index (χ0) is 17.3. The van der Waals surface area contributed by atoms with Crippen molar-refractivity contribution in [2.45, 2.75) is 64.1 Å². The normalized spacial score (nSPS) is 21.2. The van der Waals surface area contributed by atoms with Gasteiger partial charge in [-0.2, -0.15) is 13.2 Å². The van der Waals surface area contributed by atoms with Gasteiger partial charge in [-0.3, -0.25) is 9.69 Å². The Kier molecular flexibility index (Phi) is 8.91. The third-order valence-corrected chi connectivity index (χ3v) is 4.20. The fraction of sp³-hybridized carbons (Fsp3) is 0.938. The van der Waals surface area contributed by atoms with Gasteiger partial charge in [-0.15, -0.1) is 0 Å². The van der Waals surface area contributed by atoms with Crippen LogP contribution in [0, 0.1) is 5.92 Å². The van der Waals surface area contributed by atoms with E-state index in [1.54, 1.807) is 0 Å². The second-order valence-electron chi connectivity index (χ2n) is 6.43. The lowest BCUT2D eigenvalue weighted by Crippen LogP contribution is -2.46. The maximum absolute atomic E-state index is 12.1. The molecule has 136 valence electrons. The van der Waals surface area contributed by atoms with Crippen LogP contribution in [0.5, 0.6) is 0 Å². The molecular weight excluding hydrogens is 309 g/mol. The first-order valence-corrected chi connectivity index (χ1v) is 8.56. The summed E-state index contributed by atoms with van der Waals surface area (Å²) in [6, 6.07) is 0. The van der Waals surface area contributed by atoms with Crippen molar-refractivity contribution in [2.24, 2.45) is 5.92 Å². The number of aliphatic hydroxyl groups excluding tert-OH is 1. The Morgan fingerprint density at radius 3 is 2.74 bits per heavy atom. The molecule has 7 heteroatoms. The molecule has 1 aliphatic rings. The van der Waals surface area contributed by atoms with E-state index in [2.05, 4.69) is 6.92 Å². The van der Waals surface area contributed by atoms with E-state index in [4.69, 9.17) is 0 Å². The van der Waals surface area contributed by atoms with Gasteiger partial charge in [0.1, 0.15) is 6.54 Å². The van der Waals surface area contributed by atoms with Crippen LogP contribution in [0.3, 0.4) is 0 Å². The first-order chi connectivity index (χ1) is 10.8. The van der Waals surface area contributed by atoms with Gasteiger partial charge in [0, 0.05) is 13.1 Å². The highest BCUT2D eigenvalue weighted by Gasteiger charge is 2.31. The minimum Gasteiger partial charge on any atom is -0.392 e. The van der Waals surface area contributed by atoms with E-state index in [9.17, 15) is 23.1 Å². The third-order valence-electron chi connectivity index (χ3n) is 4.20. The van der Waals surface area contributed by atoms with Crippen molar-refractivity contribution in [3.63, 3.8) is 0 Å². The molecule has 4 nitrogen and oxygen atoms in total. The van der Waals surface area contributed by atoms with Gasteiger partial charge in [-0.05, 0) is 25.8 Å². The van der Waals surface area contributed by atoms with Crippen molar-refractivity contribution in [1.82, 2.24) is 10.2 Å². The van der Waals surface area contributed by atoms with Gasteiger partial charge in [0.05, 0.1) is 12.0 Å². The highest BCUT2D eigenvalue weighted by atomic mass is 19.4. The number of unbranched alkanes of at least 4 members (excludes halogenated alkanes) is 3. The number of aliphatic hydroxyl groups is 1. The smallest absolute Gasteiger partial charge is 0.392 e. The zero-order valence-electron chi connectivity index (χ0n) is 13.9. The van der Waals surface area contributed by atoms with Crippen LogP contribution in [0.2, 0.25) is 0 Å². The molecule has 2 atom stereocenters. The number of nitrogens with zero attached hydrogens (tertiary/aromatic N) is 1. The van der Waals surface area contributed by atoms with E-state index in [0.717, 1.165) is 45.1 Å². The second kappa shape index (κ2) is 10.1. The molecule has 0 aromatic heterocycles. The van der Waals surface area contributed by atoms with Crippen molar-refractivity contribution >= 4 is 5.91 Å². The molecule has 0 aliphatic carbocycles. The van der Waals surface area contributed by atoms with E-state index in [1.165, 1.54) is 0 Å². The van der Waals surface area contributed by atoms with Crippen molar-refractivity contribution in [2.75, 3.05) is 26.2 Å². The number of rotatable bonds is 9. The van der Waals surface area contributed by atoms with Crippen molar-refractivity contribution < 1.29 is 23.1 Å². The molecule has 23 heavy (non-hydrogen) atoms. The van der Waals surface area contributed by atoms with Crippen molar-refractivity contribution in [1.29, 1.82) is 0 Å². The SMILES string of the molecule is CCCCCC[C@@H](O)CN1CCC[C@@H](C(=O)NCC(F)(F)F)C1. The first-order valence-electron chi connectivity index (χ1n) is 8.56. The number of halogens is 3. The van der Waals surface area contributed by atoms with Gasteiger partial charge < -0.3 is 10.4 Å². The van der Waals surface area contributed by atoms with Crippen LogP contribution in [0.4, 0.5) is 13.2 Å². The standard InChI is InChI=1S/C16H29F3N2O2/c1-2-3-4-5-8-14(22)11-21-9-6-7-13(10-21)15(23)20-12-16(17,18)19/h13-14,22H,2-12H2,1H3,(H,20,23)/t13-,14-/m1/s1. The Hall–Kier alpha value is -0.820. The lowest BCUT2D eigenvalue weighted by atomic mass is 9.96. The average Bonchev–Trinajstić information content (AvgIpc) is 2.49. The van der Waals surface area contributed by atoms with Crippen LogP contribution in [0.1, 0.15) is 51.9 Å². The van der Waals surface area contributed by atoms with E-state index in [0.29, 0.717) is 19.5 Å². The predicted molar refractivity (Wildman–Crippen MR) is 83.0 cm³/mol. The van der Waals surface area contributed by atoms with Crippen molar-refractivity contribution in [3.05, 3.63) is 0 Å². The molecule has 1 aliphatic heterocycles. The molecule has 0 unspecified atom stereocenters. The molecule has 1 heterocycles. The molecule has 0 bridgehead atoms. The number of amides is 1. The van der Waals surface area contributed by atoms with E-state index >= 15 is 0 Å². The molecule has 0 saturated carbocycles. The number of carbonyl (C=O) groups excluding carboxylic acids is 1. The average molecular weight is 338 g/mol. The number of β-amino-alcohol motifs (C(OH)–C–C–N with tert-alkyl or cyclic N) is 1. The maximum Gasteiger partial charge on any atom is 0.405 e. The van der Waals surface area contributed by atoms with Crippen LogP contribution in [-0.2, 0) is 4.79 Å². The van der Waals surface area contributed by atoms with Gasteiger partial charge in [0.2, 0.25) is 5.91 Å². The third kappa shape index (κ3) is 9.15. The monoisotopic (exact) mass is 338 g/mol. The van der Waals surface area contributed by atoms with Gasteiger partial charge >= 0.3 is 6.18 Å². The maximum atomic E-state index is 12.1. The fourth-order valence-electron chi connectivity index (χ4n) is 2.96. The minimum atomic E-state index is -4.38. The summed E-state index contributed by atoms with van der Waals surface area (Å²) in [4.78, 5) is 13.8. The Balaban J connectivity index is 2.29. The molecule has 0 spiro atoms. The van der Waals surface area contributed by atoms with E-state index < -0.39 is 30.7 Å². The number of likely N-dealkylation sites (tertiary alicyclic amines) is 1. The van der Waals surface area contributed by atoms with Crippen LogP contribution >= 0.6 is 0 Å². The summed E-state index contributed by atoms with van der Waals surface area (Å²) >= 11 is 0. The molecule has 0 aromatic carbocycles. The number of hydrogen-bond acceptors (Lipinski definition) is 3. The molecule has 0 radical (unpaired) electrons. The molecule has 1 rings (SSSR count). The largest absolute Gasteiger partial charge is 0.405 e. The van der Waals surface area contributed by atoms with Crippen LogP contribution in [0.25, 0.3) is 0 Å². The number of carbonyl (C=O) groups is 1. The summed E-state index contributed by atoms with van der Waals surface area (Å²) in [5.74, 6) is -0.956. The Labute approximate surface area is 136 Å². The highest BCUT2D eigenvalue weighted by Crippen LogP contribution is 2.19. The first kappa shape index (κ1) is 20.2. The second-order valence-corrected chi connectivity index (χ2v) is 6.43. The molecule has 1 fully saturated rings. The number of piperidine rings is 1. The van der Waals surface area contributed by atoms with Crippen molar-refractivity contribution in [3.8, 4) is 0 Å². The summed E-state index contributed by atoms with van der Waals surface area (Å²) in [5, 5.41) is 12.0. The quantitative estimate of drug-likeness (QED) is 0.636. The van der Waals surface area contributed by atoms with Gasteiger partial charge in [0.25, 0.3) is 0 Å². The summed E-state index contributed by atoms with van der Waals surface area (Å²) in [6.07, 6.45) is 1.71. The predicted octanol–water partition coefficient (Wildman–Crippen LogP) is 2.71. The van der Waals surface area contributed by atoms with Gasteiger partial charge in [-0.25, -0.2) is 0 Å².